The van der Waals surface area contributed by atoms with Crippen molar-refractivity contribution in [1.82, 2.24) is 9.78 Å². The second-order valence-corrected chi connectivity index (χ2v) is 3.59. The van der Waals surface area contributed by atoms with Crippen molar-refractivity contribution >= 4 is 0 Å². The Labute approximate surface area is 85.1 Å². The minimum Gasteiger partial charge on any atom is -0.257 e. The Bertz CT molecular complexity index is 407. The lowest BCUT2D eigenvalue weighted by atomic mass is 10.2. The fourth-order valence-corrected chi connectivity index (χ4v) is 1.49. The van der Waals surface area contributed by atoms with Gasteiger partial charge in [0.1, 0.15) is 6.54 Å². The summed E-state index contributed by atoms with van der Waals surface area (Å²) in [5.41, 5.74) is -0.236. The van der Waals surface area contributed by atoms with Crippen LogP contribution < -0.4 is 0 Å². The zero-order chi connectivity index (χ0) is 11.1. The highest BCUT2D eigenvalue weighted by Gasteiger charge is 2.37. The first-order valence-electron chi connectivity index (χ1n) is 4.61. The van der Waals surface area contributed by atoms with Gasteiger partial charge in [-0.3, -0.25) is 4.68 Å². The fourth-order valence-electron chi connectivity index (χ4n) is 1.49. The summed E-state index contributed by atoms with van der Waals surface area (Å²) in [4.78, 5) is 0. The molecule has 0 saturated heterocycles. The van der Waals surface area contributed by atoms with Crippen molar-refractivity contribution in [3.63, 3.8) is 0 Å². The van der Waals surface area contributed by atoms with Crippen molar-refractivity contribution in [2.75, 3.05) is 0 Å². The normalized spacial score (nSPS) is 16.4. The van der Waals surface area contributed by atoms with Gasteiger partial charge in [-0.1, -0.05) is 5.92 Å². The molecule has 15 heavy (non-hydrogen) atoms. The van der Waals surface area contributed by atoms with E-state index in [1.54, 1.807) is 0 Å². The molecule has 0 atom stereocenters. The molecule has 0 spiro atoms. The Morgan fingerprint density at radius 2 is 2.20 bits per heavy atom. The van der Waals surface area contributed by atoms with Crippen LogP contribution >= 0.6 is 0 Å². The summed E-state index contributed by atoms with van der Waals surface area (Å²) in [7, 11) is 0. The first kappa shape index (κ1) is 10.1. The van der Waals surface area contributed by atoms with Crippen LogP contribution in [0.25, 0.3) is 0 Å². The molecule has 1 saturated carbocycles. The van der Waals surface area contributed by atoms with Crippen molar-refractivity contribution < 1.29 is 13.2 Å². The van der Waals surface area contributed by atoms with E-state index in [2.05, 4.69) is 11.0 Å². The highest BCUT2D eigenvalue weighted by molar-refractivity contribution is 5.21. The fraction of sp³-hybridized carbons (Fsp3) is 0.500. The highest BCUT2D eigenvalue weighted by Crippen LogP contribution is 2.41. The Kier molecular flexibility index (Phi) is 2.22. The van der Waals surface area contributed by atoms with E-state index < -0.39 is 11.9 Å². The van der Waals surface area contributed by atoms with Gasteiger partial charge in [-0.15, -0.1) is 6.42 Å². The van der Waals surface area contributed by atoms with Crippen LogP contribution in [0.2, 0.25) is 0 Å². The molecule has 1 aliphatic rings. The summed E-state index contributed by atoms with van der Waals surface area (Å²) >= 11 is 0. The van der Waals surface area contributed by atoms with Gasteiger partial charge in [0.25, 0.3) is 0 Å². The standard InChI is InChI=1S/C10H9F3N2/c1-2-5-15-8(7-3-4-7)6-9(14-15)10(11,12)13/h1,6-7H,3-5H2. The Hall–Kier alpha value is -1.44. The minimum atomic E-state index is -4.39. The van der Waals surface area contributed by atoms with Gasteiger partial charge < -0.3 is 0 Å². The first-order valence-corrected chi connectivity index (χ1v) is 4.61. The number of halogens is 3. The van der Waals surface area contributed by atoms with Gasteiger partial charge in [-0.05, 0) is 18.9 Å². The SMILES string of the molecule is C#CCn1nc(C(F)(F)F)cc1C1CC1. The highest BCUT2D eigenvalue weighted by atomic mass is 19.4. The maximum absolute atomic E-state index is 12.4. The number of aromatic nitrogens is 2. The minimum absolute atomic E-state index is 0.0991. The molecule has 1 aromatic rings. The molecule has 2 nitrogen and oxygen atoms in total. The van der Waals surface area contributed by atoms with Gasteiger partial charge in [0.2, 0.25) is 0 Å². The van der Waals surface area contributed by atoms with Crippen LogP contribution in [0, 0.1) is 12.3 Å². The number of hydrogen-bond acceptors (Lipinski definition) is 1. The van der Waals surface area contributed by atoms with Crippen molar-refractivity contribution in [2.45, 2.75) is 31.5 Å². The van der Waals surface area contributed by atoms with E-state index in [9.17, 15) is 13.2 Å². The van der Waals surface area contributed by atoms with E-state index in [0.29, 0.717) is 5.69 Å². The third-order valence-electron chi connectivity index (χ3n) is 2.34. The Morgan fingerprint density at radius 1 is 1.53 bits per heavy atom. The van der Waals surface area contributed by atoms with Crippen molar-refractivity contribution in [3.05, 3.63) is 17.5 Å². The van der Waals surface area contributed by atoms with E-state index in [1.807, 2.05) is 0 Å². The monoisotopic (exact) mass is 214 g/mol. The molecule has 0 aromatic carbocycles. The van der Waals surface area contributed by atoms with Gasteiger partial charge in [0.15, 0.2) is 5.69 Å². The largest absolute Gasteiger partial charge is 0.435 e. The van der Waals surface area contributed by atoms with Crippen LogP contribution in [-0.2, 0) is 12.7 Å². The average molecular weight is 214 g/mol. The summed E-state index contributed by atoms with van der Waals surface area (Å²) in [6, 6.07) is 1.11. The number of rotatable bonds is 2. The predicted molar refractivity (Wildman–Crippen MR) is 48.0 cm³/mol. The van der Waals surface area contributed by atoms with Crippen LogP contribution in [0.15, 0.2) is 6.07 Å². The van der Waals surface area contributed by atoms with Crippen LogP contribution in [-0.4, -0.2) is 9.78 Å². The molecular formula is C10H9F3N2. The molecule has 1 heterocycles. The van der Waals surface area contributed by atoms with Crippen molar-refractivity contribution in [1.29, 1.82) is 0 Å². The van der Waals surface area contributed by atoms with E-state index >= 15 is 0 Å². The number of terminal acetylenes is 1. The Morgan fingerprint density at radius 3 is 2.67 bits per heavy atom. The third-order valence-corrected chi connectivity index (χ3v) is 2.34. The molecule has 5 heteroatoms. The first-order chi connectivity index (χ1) is 7.02. The topological polar surface area (TPSA) is 17.8 Å². The van der Waals surface area contributed by atoms with E-state index in [-0.39, 0.29) is 12.5 Å². The zero-order valence-electron chi connectivity index (χ0n) is 7.88. The van der Waals surface area contributed by atoms with Gasteiger partial charge in [-0.25, -0.2) is 0 Å². The number of nitrogens with zero attached hydrogens (tertiary/aromatic N) is 2. The second-order valence-electron chi connectivity index (χ2n) is 3.59. The molecule has 0 amide bonds. The molecule has 0 N–H and O–H groups in total. The molecule has 1 aromatic heterocycles. The quantitative estimate of drug-likeness (QED) is 0.691. The van der Waals surface area contributed by atoms with Crippen LogP contribution in [0.3, 0.4) is 0 Å². The molecule has 1 aliphatic carbocycles. The van der Waals surface area contributed by atoms with Gasteiger partial charge in [-0.2, -0.15) is 18.3 Å². The second kappa shape index (κ2) is 3.30. The zero-order valence-corrected chi connectivity index (χ0v) is 7.88. The van der Waals surface area contributed by atoms with Gasteiger partial charge >= 0.3 is 6.18 Å². The molecule has 1 fully saturated rings. The Balaban J connectivity index is 2.36. The van der Waals surface area contributed by atoms with Crippen molar-refractivity contribution in [3.8, 4) is 12.3 Å². The lowest BCUT2D eigenvalue weighted by Gasteiger charge is -2.01. The molecular weight excluding hydrogens is 205 g/mol. The summed E-state index contributed by atoms with van der Waals surface area (Å²) in [6.07, 6.45) is 2.54. The van der Waals surface area contributed by atoms with Crippen LogP contribution in [0.4, 0.5) is 13.2 Å². The molecule has 2 rings (SSSR count). The summed E-state index contributed by atoms with van der Waals surface area (Å²) in [5.74, 6) is 2.52. The maximum atomic E-state index is 12.4. The van der Waals surface area contributed by atoms with Gasteiger partial charge in [0.05, 0.1) is 0 Å². The van der Waals surface area contributed by atoms with E-state index in [4.69, 9.17) is 6.42 Å². The number of hydrogen-bond donors (Lipinski definition) is 0. The smallest absolute Gasteiger partial charge is 0.257 e. The average Bonchev–Trinajstić information content (AvgIpc) is 2.87. The van der Waals surface area contributed by atoms with Crippen molar-refractivity contribution in [2.24, 2.45) is 0 Å². The lowest BCUT2D eigenvalue weighted by molar-refractivity contribution is -0.141. The molecule has 0 bridgehead atoms. The summed E-state index contributed by atoms with van der Waals surface area (Å²) in [6.45, 7) is 0.0991. The van der Waals surface area contributed by atoms with Crippen LogP contribution in [0.1, 0.15) is 30.1 Å². The predicted octanol–water partition coefficient (Wildman–Crippen LogP) is 2.41. The van der Waals surface area contributed by atoms with Crippen LogP contribution in [0.5, 0.6) is 0 Å². The number of alkyl halides is 3. The maximum Gasteiger partial charge on any atom is 0.435 e. The molecule has 0 aliphatic heterocycles. The molecule has 0 radical (unpaired) electrons. The third kappa shape index (κ3) is 1.99. The van der Waals surface area contributed by atoms with E-state index in [0.717, 1.165) is 18.9 Å². The summed E-state index contributed by atoms with van der Waals surface area (Å²) in [5, 5.41) is 3.48. The molecule has 0 unspecified atom stereocenters. The lowest BCUT2D eigenvalue weighted by Crippen LogP contribution is -2.08. The molecule has 80 valence electrons. The van der Waals surface area contributed by atoms with E-state index in [1.165, 1.54) is 4.68 Å². The van der Waals surface area contributed by atoms with Gasteiger partial charge in [0, 0.05) is 11.6 Å². The summed E-state index contributed by atoms with van der Waals surface area (Å²) < 4.78 is 38.4.